The van der Waals surface area contributed by atoms with Crippen LogP contribution in [-0.2, 0) is 20.2 Å². The summed E-state index contributed by atoms with van der Waals surface area (Å²) in [6.45, 7) is 0. The largest absolute Gasteiger partial charge is 0.354 e. The van der Waals surface area contributed by atoms with Crippen LogP contribution in [0.15, 0.2) is 59.8 Å². The number of carbonyl (C=O) groups excluding carboxylic acids is 1. The maximum absolute atomic E-state index is 14.1. The van der Waals surface area contributed by atoms with Crippen molar-refractivity contribution >= 4 is 38.7 Å². The van der Waals surface area contributed by atoms with E-state index in [0.29, 0.717) is 41.5 Å². The maximum atomic E-state index is 14.1. The van der Waals surface area contributed by atoms with E-state index in [9.17, 15) is 22.0 Å². The van der Waals surface area contributed by atoms with Crippen LogP contribution in [0.2, 0.25) is 0 Å². The Hall–Kier alpha value is -3.53. The molecule has 1 aromatic heterocycles. The lowest BCUT2D eigenvalue weighted by molar-refractivity contribution is -0.123. The van der Waals surface area contributed by atoms with Gasteiger partial charge in [-0.1, -0.05) is 6.42 Å². The van der Waals surface area contributed by atoms with Gasteiger partial charge in [0.1, 0.15) is 16.5 Å². The molecule has 32 heavy (non-hydrogen) atoms. The quantitative estimate of drug-likeness (QED) is 0.532. The molecule has 1 spiro atoms. The Balaban J connectivity index is 1.59. The van der Waals surface area contributed by atoms with Gasteiger partial charge in [0.15, 0.2) is 0 Å². The van der Waals surface area contributed by atoms with E-state index in [1.807, 2.05) is 0 Å². The fraction of sp³-hybridized carbons (Fsp3) is 0.182. The molecule has 3 aromatic rings. The van der Waals surface area contributed by atoms with Gasteiger partial charge in [-0.2, -0.15) is 0 Å². The Morgan fingerprint density at radius 1 is 1.00 bits per heavy atom. The summed E-state index contributed by atoms with van der Waals surface area (Å²) < 4.78 is 55.4. The number of sulfonamides is 1. The molecule has 1 fully saturated rings. The minimum atomic E-state index is -4.34. The molecule has 1 amide bonds. The molecule has 164 valence electrons. The summed E-state index contributed by atoms with van der Waals surface area (Å²) in [5.41, 5.74) is 1.91. The standard InChI is InChI=1S/C22H18F2N4O3S/c23-13-2-3-19(17(24)10-13)32(30,31)28-15-11-16-20(27-21(29)22(16)6-1-7-22)18(12-15)26-14-4-8-25-9-5-14/h2-5,8-12,28H,1,6-7H2,(H,25,26)(H,27,29). The van der Waals surface area contributed by atoms with Crippen LogP contribution in [0.3, 0.4) is 0 Å². The summed E-state index contributed by atoms with van der Waals surface area (Å²) >= 11 is 0. The molecule has 0 saturated heterocycles. The minimum absolute atomic E-state index is 0.124. The van der Waals surface area contributed by atoms with E-state index >= 15 is 0 Å². The summed E-state index contributed by atoms with van der Waals surface area (Å²) in [7, 11) is -4.34. The van der Waals surface area contributed by atoms with Gasteiger partial charge in [-0.05, 0) is 54.8 Å². The third kappa shape index (κ3) is 3.27. The lowest BCUT2D eigenvalue weighted by Crippen LogP contribution is -2.40. The Labute approximate surface area is 182 Å². The summed E-state index contributed by atoms with van der Waals surface area (Å²) in [5.74, 6) is -2.19. The topological polar surface area (TPSA) is 100 Å². The molecule has 0 bridgehead atoms. The first-order valence-electron chi connectivity index (χ1n) is 9.93. The number of nitrogens with zero attached hydrogens (tertiary/aromatic N) is 1. The fourth-order valence-electron chi connectivity index (χ4n) is 4.19. The second-order valence-corrected chi connectivity index (χ2v) is 9.53. The van der Waals surface area contributed by atoms with Gasteiger partial charge >= 0.3 is 0 Å². The molecule has 10 heteroatoms. The first kappa shape index (κ1) is 20.4. The van der Waals surface area contributed by atoms with Crippen molar-refractivity contribution in [3.05, 3.63) is 72.1 Å². The number of benzene rings is 2. The number of rotatable bonds is 5. The second kappa shape index (κ2) is 7.27. The van der Waals surface area contributed by atoms with Gasteiger partial charge in [-0.25, -0.2) is 17.2 Å². The average Bonchev–Trinajstić information content (AvgIpc) is 3.00. The van der Waals surface area contributed by atoms with E-state index in [2.05, 4.69) is 20.3 Å². The molecule has 0 unspecified atom stereocenters. The van der Waals surface area contributed by atoms with Crippen molar-refractivity contribution < 1.29 is 22.0 Å². The molecule has 0 radical (unpaired) electrons. The van der Waals surface area contributed by atoms with Crippen LogP contribution < -0.4 is 15.4 Å². The van der Waals surface area contributed by atoms with E-state index in [0.717, 1.165) is 18.6 Å². The highest BCUT2D eigenvalue weighted by Crippen LogP contribution is 2.54. The van der Waals surface area contributed by atoms with Gasteiger partial charge in [0.2, 0.25) is 5.91 Å². The number of hydrogen-bond acceptors (Lipinski definition) is 5. The van der Waals surface area contributed by atoms with Gasteiger partial charge in [-0.15, -0.1) is 0 Å². The SMILES string of the molecule is O=C1Nc2c(Nc3ccncc3)cc(NS(=O)(=O)c3ccc(F)cc3F)cc2C12CCC2. The third-order valence-corrected chi connectivity index (χ3v) is 7.34. The summed E-state index contributed by atoms with van der Waals surface area (Å²) in [6, 6.07) is 8.84. The zero-order valence-corrected chi connectivity index (χ0v) is 17.5. The number of carbonyl (C=O) groups is 1. The van der Waals surface area contributed by atoms with Crippen LogP contribution in [0.1, 0.15) is 24.8 Å². The molecular weight excluding hydrogens is 438 g/mol. The molecule has 1 saturated carbocycles. The first-order chi connectivity index (χ1) is 15.3. The molecule has 2 aliphatic rings. The van der Waals surface area contributed by atoms with Crippen molar-refractivity contribution in [2.24, 2.45) is 0 Å². The number of aromatic nitrogens is 1. The van der Waals surface area contributed by atoms with E-state index in [-0.39, 0.29) is 11.6 Å². The molecule has 3 N–H and O–H groups in total. The van der Waals surface area contributed by atoms with Crippen LogP contribution in [0.25, 0.3) is 0 Å². The van der Waals surface area contributed by atoms with Gasteiger partial charge in [0, 0.05) is 24.1 Å². The molecule has 1 aliphatic heterocycles. The van der Waals surface area contributed by atoms with E-state index in [4.69, 9.17) is 0 Å². The van der Waals surface area contributed by atoms with Crippen LogP contribution in [0.4, 0.5) is 31.5 Å². The Morgan fingerprint density at radius 3 is 2.41 bits per heavy atom. The molecule has 2 heterocycles. The van der Waals surface area contributed by atoms with Crippen molar-refractivity contribution in [1.82, 2.24) is 4.98 Å². The van der Waals surface area contributed by atoms with E-state index < -0.39 is 32.0 Å². The lowest BCUT2D eigenvalue weighted by Gasteiger charge is -2.36. The predicted octanol–water partition coefficient (Wildman–Crippen LogP) is 4.28. The molecule has 5 rings (SSSR count). The molecule has 2 aromatic carbocycles. The van der Waals surface area contributed by atoms with Crippen LogP contribution in [-0.4, -0.2) is 19.3 Å². The highest BCUT2D eigenvalue weighted by atomic mass is 32.2. The number of amides is 1. The molecular formula is C22H18F2N4O3S. The number of halogens is 2. The third-order valence-electron chi connectivity index (χ3n) is 5.93. The Bertz CT molecular complexity index is 1340. The van der Waals surface area contributed by atoms with Crippen molar-refractivity contribution in [2.45, 2.75) is 29.6 Å². The smallest absolute Gasteiger partial charge is 0.264 e. The Morgan fingerprint density at radius 2 is 1.75 bits per heavy atom. The normalized spacial score (nSPS) is 16.2. The number of anilines is 4. The summed E-state index contributed by atoms with van der Waals surface area (Å²) in [4.78, 5) is 16.1. The first-order valence-corrected chi connectivity index (χ1v) is 11.4. The lowest BCUT2D eigenvalue weighted by atomic mass is 9.65. The highest BCUT2D eigenvalue weighted by molar-refractivity contribution is 7.92. The summed E-state index contributed by atoms with van der Waals surface area (Å²) in [5, 5.41) is 6.10. The molecule has 7 nitrogen and oxygen atoms in total. The second-order valence-electron chi connectivity index (χ2n) is 7.88. The zero-order valence-electron chi connectivity index (χ0n) is 16.7. The van der Waals surface area contributed by atoms with Crippen molar-refractivity contribution in [2.75, 3.05) is 15.4 Å². The zero-order chi connectivity index (χ0) is 22.5. The monoisotopic (exact) mass is 456 g/mol. The van der Waals surface area contributed by atoms with E-state index in [1.165, 1.54) is 6.07 Å². The van der Waals surface area contributed by atoms with Crippen LogP contribution in [0.5, 0.6) is 0 Å². The molecule has 1 aliphatic carbocycles. The van der Waals surface area contributed by atoms with Crippen molar-refractivity contribution in [3.63, 3.8) is 0 Å². The van der Waals surface area contributed by atoms with Crippen molar-refractivity contribution in [3.8, 4) is 0 Å². The number of hydrogen-bond donors (Lipinski definition) is 3. The van der Waals surface area contributed by atoms with Gasteiger partial charge in [0.25, 0.3) is 10.0 Å². The highest BCUT2D eigenvalue weighted by Gasteiger charge is 2.52. The van der Waals surface area contributed by atoms with Gasteiger partial charge < -0.3 is 10.6 Å². The van der Waals surface area contributed by atoms with Gasteiger partial charge in [-0.3, -0.25) is 14.5 Å². The average molecular weight is 456 g/mol. The number of nitrogens with one attached hydrogen (secondary N) is 3. The van der Waals surface area contributed by atoms with E-state index in [1.54, 1.807) is 30.6 Å². The van der Waals surface area contributed by atoms with Crippen LogP contribution in [0, 0.1) is 11.6 Å². The summed E-state index contributed by atoms with van der Waals surface area (Å²) in [6.07, 6.45) is 5.39. The Kier molecular flexibility index (Phi) is 4.63. The fourth-order valence-corrected chi connectivity index (χ4v) is 5.29. The van der Waals surface area contributed by atoms with Crippen LogP contribution >= 0.6 is 0 Å². The number of fused-ring (bicyclic) bond motifs is 2. The predicted molar refractivity (Wildman–Crippen MR) is 115 cm³/mol. The maximum Gasteiger partial charge on any atom is 0.264 e. The molecule has 0 atom stereocenters. The van der Waals surface area contributed by atoms with Crippen molar-refractivity contribution in [1.29, 1.82) is 0 Å². The van der Waals surface area contributed by atoms with Gasteiger partial charge in [0.05, 0.1) is 22.5 Å². The number of pyridine rings is 1. The minimum Gasteiger partial charge on any atom is -0.354 e.